The minimum atomic E-state index is -4.64. The maximum absolute atomic E-state index is 12.0. The number of nitrogens with zero attached hydrogens (tertiary/aromatic N) is 4. The topological polar surface area (TPSA) is 217 Å². The number of aromatic hydroxyl groups is 2. The molecule has 0 aliphatic rings. The normalized spacial score (nSPS) is 12.3. The summed E-state index contributed by atoms with van der Waals surface area (Å²) in [5.41, 5.74) is 1.83. The fourth-order valence-corrected chi connectivity index (χ4v) is 6.73. The van der Waals surface area contributed by atoms with E-state index in [1.807, 2.05) is 0 Å². The van der Waals surface area contributed by atoms with E-state index in [2.05, 4.69) is 20.5 Å². The zero-order chi connectivity index (χ0) is 35.8. The number of fused-ring (bicyclic) bond motifs is 2. The predicted molar refractivity (Wildman–Crippen MR) is 184 cm³/mol. The second-order valence-corrected chi connectivity index (χ2v) is 13.5. The Balaban J connectivity index is 1.30. The highest BCUT2D eigenvalue weighted by molar-refractivity contribution is 7.86. The molecule has 254 valence electrons. The van der Waals surface area contributed by atoms with Gasteiger partial charge in [-0.1, -0.05) is 54.6 Å². The Morgan fingerprint density at radius 3 is 1.46 bits per heavy atom. The van der Waals surface area contributed by atoms with Gasteiger partial charge < -0.3 is 19.7 Å². The molecule has 0 heterocycles. The summed E-state index contributed by atoms with van der Waals surface area (Å²) in [7, 11) is -6.29. The zero-order valence-corrected chi connectivity index (χ0v) is 27.7. The number of azo groups is 2. The minimum Gasteiger partial charge on any atom is -0.505 e. The summed E-state index contributed by atoms with van der Waals surface area (Å²) in [6.45, 7) is 0. The van der Waals surface area contributed by atoms with E-state index in [0.717, 1.165) is 6.07 Å². The molecule has 6 aromatic carbocycles. The van der Waals surface area contributed by atoms with Crippen molar-refractivity contribution in [3.63, 3.8) is 0 Å². The van der Waals surface area contributed by atoms with Crippen LogP contribution < -0.4 is 9.47 Å². The lowest BCUT2D eigenvalue weighted by Gasteiger charge is -2.11. The molecule has 0 bridgehead atoms. The Bertz CT molecular complexity index is 2610. The third-order valence-corrected chi connectivity index (χ3v) is 9.51. The molecule has 0 saturated carbocycles. The van der Waals surface area contributed by atoms with E-state index in [1.54, 1.807) is 48.5 Å². The molecule has 4 N–H and O–H groups in total. The number of phenolic OH excluding ortho intramolecular Hbond substituents is 2. The molecule has 50 heavy (non-hydrogen) atoms. The summed E-state index contributed by atoms with van der Waals surface area (Å²) < 4.78 is 77.9. The van der Waals surface area contributed by atoms with E-state index < -0.39 is 25.1 Å². The molecule has 0 radical (unpaired) electrons. The second kappa shape index (κ2) is 13.2. The molecule has 0 saturated heterocycles. The molecule has 0 aliphatic heterocycles. The van der Waals surface area contributed by atoms with E-state index in [4.69, 9.17) is 9.47 Å². The number of benzene rings is 6. The fraction of sp³-hybridized carbons (Fsp3) is 0.0588. The van der Waals surface area contributed by atoms with Gasteiger partial charge in [-0.25, -0.2) is 0 Å². The first-order valence-corrected chi connectivity index (χ1v) is 17.3. The van der Waals surface area contributed by atoms with Crippen molar-refractivity contribution in [2.45, 2.75) is 9.79 Å². The maximum Gasteiger partial charge on any atom is 0.295 e. The predicted octanol–water partition coefficient (Wildman–Crippen LogP) is 8.41. The first kappa shape index (κ1) is 33.9. The Hall–Kier alpha value is -5.94. The molecule has 6 aromatic rings. The van der Waals surface area contributed by atoms with Gasteiger partial charge in [-0.15, -0.1) is 20.5 Å². The molecule has 0 aliphatic carbocycles. The van der Waals surface area contributed by atoms with Crippen LogP contribution in [0, 0.1) is 0 Å². The first-order chi connectivity index (χ1) is 23.8. The molecule has 0 amide bonds. The van der Waals surface area contributed by atoms with E-state index in [0.29, 0.717) is 28.3 Å². The van der Waals surface area contributed by atoms with E-state index >= 15 is 0 Å². The summed E-state index contributed by atoms with van der Waals surface area (Å²) in [4.78, 5) is -0.778. The van der Waals surface area contributed by atoms with Gasteiger partial charge in [0.25, 0.3) is 20.2 Å². The van der Waals surface area contributed by atoms with Gasteiger partial charge in [-0.3, -0.25) is 9.11 Å². The van der Waals surface area contributed by atoms with Gasteiger partial charge in [0.15, 0.2) is 11.5 Å². The average molecular weight is 715 g/mol. The van der Waals surface area contributed by atoms with Gasteiger partial charge >= 0.3 is 0 Å². The quantitative estimate of drug-likeness (QED) is 0.0827. The Morgan fingerprint density at radius 1 is 0.480 bits per heavy atom. The van der Waals surface area contributed by atoms with Crippen LogP contribution in [0.4, 0.5) is 22.7 Å². The molecule has 6 rings (SSSR count). The van der Waals surface area contributed by atoms with Crippen molar-refractivity contribution in [2.75, 3.05) is 14.2 Å². The molecule has 0 fully saturated rings. The van der Waals surface area contributed by atoms with E-state index in [-0.39, 0.29) is 55.0 Å². The SMILES string of the molecule is COc1cc(-c2ccc(N=Nc3cc(S(=O)(=O)O)c4ccccc4c3O)c(OC)c2)ccc1N=Nc1ccc2c(S(=O)(=O)O)cccc2c1O. The third-order valence-electron chi connectivity index (χ3n) is 7.71. The smallest absolute Gasteiger partial charge is 0.295 e. The Labute approximate surface area is 285 Å². The van der Waals surface area contributed by atoms with Crippen molar-refractivity contribution >= 4 is 64.5 Å². The number of methoxy groups -OCH3 is 2. The van der Waals surface area contributed by atoms with Crippen LogP contribution in [-0.4, -0.2) is 50.4 Å². The van der Waals surface area contributed by atoms with Crippen molar-refractivity contribution in [2.24, 2.45) is 20.5 Å². The van der Waals surface area contributed by atoms with Crippen LogP contribution in [0.3, 0.4) is 0 Å². The van der Waals surface area contributed by atoms with Crippen LogP contribution in [0.5, 0.6) is 23.0 Å². The van der Waals surface area contributed by atoms with Gasteiger partial charge in [-0.05, 0) is 53.6 Å². The zero-order valence-electron chi connectivity index (χ0n) is 26.1. The van der Waals surface area contributed by atoms with E-state index in [9.17, 15) is 36.2 Å². The van der Waals surface area contributed by atoms with Gasteiger partial charge in [0, 0.05) is 21.5 Å². The highest BCUT2D eigenvalue weighted by Crippen LogP contribution is 2.43. The summed E-state index contributed by atoms with van der Waals surface area (Å²) in [6.07, 6.45) is 0. The lowest BCUT2D eigenvalue weighted by atomic mass is 10.0. The van der Waals surface area contributed by atoms with Crippen molar-refractivity contribution in [3.05, 3.63) is 97.1 Å². The van der Waals surface area contributed by atoms with Crippen molar-refractivity contribution in [1.29, 1.82) is 0 Å². The summed E-state index contributed by atoms with van der Waals surface area (Å²) in [5.74, 6) is -0.0114. The van der Waals surface area contributed by atoms with Crippen LogP contribution in [0.15, 0.2) is 127 Å². The van der Waals surface area contributed by atoms with Gasteiger partial charge in [0.2, 0.25) is 0 Å². The number of phenols is 2. The molecule has 0 aromatic heterocycles. The van der Waals surface area contributed by atoms with E-state index in [1.165, 1.54) is 56.7 Å². The first-order valence-electron chi connectivity index (χ1n) is 14.4. The van der Waals surface area contributed by atoms with Crippen LogP contribution in [0.2, 0.25) is 0 Å². The largest absolute Gasteiger partial charge is 0.505 e. The Morgan fingerprint density at radius 2 is 0.920 bits per heavy atom. The number of rotatable bonds is 9. The minimum absolute atomic E-state index is 0.0526. The van der Waals surface area contributed by atoms with Crippen molar-refractivity contribution < 1.29 is 45.6 Å². The number of ether oxygens (including phenoxy) is 2. The van der Waals surface area contributed by atoms with Gasteiger partial charge in [-0.2, -0.15) is 16.8 Å². The molecule has 14 nitrogen and oxygen atoms in total. The van der Waals surface area contributed by atoms with Crippen LogP contribution >= 0.6 is 0 Å². The fourth-order valence-electron chi connectivity index (χ4n) is 5.30. The molecule has 0 atom stereocenters. The van der Waals surface area contributed by atoms with Crippen molar-refractivity contribution in [3.8, 4) is 34.1 Å². The highest BCUT2D eigenvalue weighted by atomic mass is 32.2. The summed E-state index contributed by atoms with van der Waals surface area (Å²) in [5, 5.41) is 38.7. The van der Waals surface area contributed by atoms with Crippen molar-refractivity contribution in [1.82, 2.24) is 0 Å². The second-order valence-electron chi connectivity index (χ2n) is 10.7. The number of hydrogen-bond donors (Lipinski definition) is 4. The standard InChI is InChI=1S/C34H26N4O10S2/c1-47-29-16-19(10-13-25(29)35-37-27-15-12-22-24(33(27)39)8-5-9-31(22)49(41,42)43)20-11-14-26(30(17-20)48-2)36-38-28-18-32(50(44,45)46)21-6-3-4-7-23(21)34(28)40/h3-18,39-40H,1-2H3,(H,41,42,43)(H,44,45,46). The average Bonchev–Trinajstić information content (AvgIpc) is 3.10. The maximum atomic E-state index is 12.0. The molecule has 0 spiro atoms. The molecule has 16 heteroatoms. The van der Waals surface area contributed by atoms with Gasteiger partial charge in [0.05, 0.1) is 14.2 Å². The third kappa shape index (κ3) is 6.55. The highest BCUT2D eigenvalue weighted by Gasteiger charge is 2.20. The number of hydrogen-bond acceptors (Lipinski definition) is 12. The Kier molecular flexibility index (Phi) is 8.94. The summed E-state index contributed by atoms with van der Waals surface area (Å²) >= 11 is 0. The van der Waals surface area contributed by atoms with Crippen LogP contribution in [0.25, 0.3) is 32.7 Å². The molecule has 0 unspecified atom stereocenters. The van der Waals surface area contributed by atoms with Crippen LogP contribution in [-0.2, 0) is 20.2 Å². The van der Waals surface area contributed by atoms with Gasteiger partial charge in [0.1, 0.15) is 44.0 Å². The monoisotopic (exact) mass is 714 g/mol. The molecular weight excluding hydrogens is 689 g/mol. The summed E-state index contributed by atoms with van der Waals surface area (Å²) in [6, 6.07) is 24.1. The van der Waals surface area contributed by atoms with Crippen LogP contribution in [0.1, 0.15) is 0 Å². The lowest BCUT2D eigenvalue weighted by Crippen LogP contribution is -1.99. The molecular formula is C34H26N4O10S2. The lowest BCUT2D eigenvalue weighted by molar-refractivity contribution is 0.415.